The highest BCUT2D eigenvalue weighted by atomic mass is 16.5. The van der Waals surface area contributed by atoms with E-state index in [0.717, 1.165) is 26.2 Å². The number of methoxy groups -OCH3 is 1. The number of benzene rings is 1. The summed E-state index contributed by atoms with van der Waals surface area (Å²) >= 11 is 0. The molecule has 1 aromatic carbocycles. The molecule has 0 atom stereocenters. The fourth-order valence-electron chi connectivity index (χ4n) is 1.71. The van der Waals surface area contributed by atoms with E-state index in [1.54, 1.807) is 12.3 Å². The van der Waals surface area contributed by atoms with E-state index in [2.05, 4.69) is 23.7 Å². The quantitative estimate of drug-likeness (QED) is 0.754. The second-order valence-corrected chi connectivity index (χ2v) is 3.96. The molecule has 0 aliphatic heterocycles. The van der Waals surface area contributed by atoms with Crippen molar-refractivity contribution in [2.45, 2.75) is 13.8 Å². The van der Waals surface area contributed by atoms with Crippen LogP contribution in [-0.4, -0.2) is 49.5 Å². The van der Waals surface area contributed by atoms with Crippen LogP contribution in [0.15, 0.2) is 23.2 Å². The zero-order valence-electron chi connectivity index (χ0n) is 11.4. The maximum atomic E-state index is 9.86. The first-order valence-corrected chi connectivity index (χ1v) is 6.31. The minimum Gasteiger partial charge on any atom is -0.504 e. The molecule has 0 spiro atoms. The summed E-state index contributed by atoms with van der Waals surface area (Å²) in [5.41, 5.74) is 0.689. The summed E-state index contributed by atoms with van der Waals surface area (Å²) in [5.74, 6) is 0.620. The van der Waals surface area contributed by atoms with Gasteiger partial charge in [-0.15, -0.1) is 0 Å². The maximum absolute atomic E-state index is 9.86. The highest BCUT2D eigenvalue weighted by Crippen LogP contribution is 2.27. The number of ether oxygens (including phenoxy) is 1. The number of phenolic OH excluding ortho intramolecular Hbond substituents is 1. The van der Waals surface area contributed by atoms with Gasteiger partial charge in [0.05, 0.1) is 13.7 Å². The number of phenols is 1. The first-order valence-electron chi connectivity index (χ1n) is 6.31. The van der Waals surface area contributed by atoms with Crippen molar-refractivity contribution in [2.75, 3.05) is 33.3 Å². The predicted octanol–water partition coefficient (Wildman–Crippen LogP) is 2.16. The summed E-state index contributed by atoms with van der Waals surface area (Å²) in [6, 6.07) is 5.38. The Kier molecular flexibility index (Phi) is 6.22. The normalized spacial score (nSPS) is 11.3. The lowest BCUT2D eigenvalue weighted by Gasteiger charge is -2.15. The van der Waals surface area contributed by atoms with Gasteiger partial charge in [0.2, 0.25) is 0 Å². The molecular formula is C14H22N2O2. The van der Waals surface area contributed by atoms with Gasteiger partial charge in [0.25, 0.3) is 0 Å². The Morgan fingerprint density at radius 3 is 2.67 bits per heavy atom. The number of likely N-dealkylation sites (N-methyl/N-ethyl adjacent to an activating group) is 1. The summed E-state index contributed by atoms with van der Waals surface area (Å²) in [7, 11) is 1.54. The van der Waals surface area contributed by atoms with E-state index in [0.29, 0.717) is 11.3 Å². The number of hydrogen-bond acceptors (Lipinski definition) is 4. The van der Waals surface area contributed by atoms with E-state index in [9.17, 15) is 5.11 Å². The van der Waals surface area contributed by atoms with Gasteiger partial charge in [-0.3, -0.25) is 4.99 Å². The van der Waals surface area contributed by atoms with Gasteiger partial charge in [0.15, 0.2) is 11.5 Å². The molecule has 0 saturated carbocycles. The number of rotatable bonds is 7. The molecule has 0 aliphatic carbocycles. The zero-order valence-corrected chi connectivity index (χ0v) is 11.4. The molecule has 0 amide bonds. The molecule has 1 aromatic rings. The maximum Gasteiger partial charge on any atom is 0.166 e. The van der Waals surface area contributed by atoms with E-state index in [-0.39, 0.29) is 5.75 Å². The summed E-state index contributed by atoms with van der Waals surface area (Å²) in [6.07, 6.45) is 1.70. The second-order valence-electron chi connectivity index (χ2n) is 3.96. The van der Waals surface area contributed by atoms with Crippen LogP contribution in [0.2, 0.25) is 0 Å². The summed E-state index contributed by atoms with van der Waals surface area (Å²) in [4.78, 5) is 6.64. The van der Waals surface area contributed by atoms with E-state index < -0.39 is 0 Å². The summed E-state index contributed by atoms with van der Waals surface area (Å²) in [5, 5.41) is 9.86. The average Bonchev–Trinajstić information content (AvgIpc) is 2.40. The van der Waals surface area contributed by atoms with Crippen molar-refractivity contribution in [1.29, 1.82) is 0 Å². The Morgan fingerprint density at radius 2 is 2.06 bits per heavy atom. The van der Waals surface area contributed by atoms with E-state index in [4.69, 9.17) is 4.74 Å². The molecule has 4 heteroatoms. The van der Waals surface area contributed by atoms with Crippen molar-refractivity contribution in [3.05, 3.63) is 23.8 Å². The molecule has 18 heavy (non-hydrogen) atoms. The molecular weight excluding hydrogens is 228 g/mol. The fourth-order valence-corrected chi connectivity index (χ4v) is 1.71. The van der Waals surface area contributed by atoms with Gasteiger partial charge >= 0.3 is 0 Å². The zero-order chi connectivity index (χ0) is 13.4. The lowest BCUT2D eigenvalue weighted by molar-refractivity contribution is 0.313. The monoisotopic (exact) mass is 250 g/mol. The third-order valence-corrected chi connectivity index (χ3v) is 2.92. The van der Waals surface area contributed by atoms with Crippen LogP contribution in [0.1, 0.15) is 19.4 Å². The van der Waals surface area contributed by atoms with Gasteiger partial charge < -0.3 is 14.7 Å². The molecule has 0 bridgehead atoms. The van der Waals surface area contributed by atoms with Crippen molar-refractivity contribution in [2.24, 2.45) is 4.99 Å². The molecule has 0 aromatic heterocycles. The molecule has 0 saturated heterocycles. The Labute approximate surface area is 109 Å². The first-order chi connectivity index (χ1) is 8.72. The molecule has 1 N–H and O–H groups in total. The van der Waals surface area contributed by atoms with Crippen LogP contribution in [-0.2, 0) is 0 Å². The number of aromatic hydroxyl groups is 1. The predicted molar refractivity (Wildman–Crippen MR) is 74.9 cm³/mol. The van der Waals surface area contributed by atoms with Gasteiger partial charge in [-0.05, 0) is 25.2 Å². The minimum atomic E-state index is 0.145. The van der Waals surface area contributed by atoms with Gasteiger partial charge in [0.1, 0.15) is 0 Å². The van der Waals surface area contributed by atoms with Crippen LogP contribution >= 0.6 is 0 Å². The van der Waals surface area contributed by atoms with Crippen molar-refractivity contribution in [3.63, 3.8) is 0 Å². The van der Waals surface area contributed by atoms with Gasteiger partial charge in [-0.2, -0.15) is 0 Å². The van der Waals surface area contributed by atoms with Gasteiger partial charge in [-0.25, -0.2) is 0 Å². The summed E-state index contributed by atoms with van der Waals surface area (Å²) in [6.45, 7) is 8.03. The van der Waals surface area contributed by atoms with Crippen LogP contribution < -0.4 is 4.74 Å². The number of nitrogens with zero attached hydrogens (tertiary/aromatic N) is 2. The van der Waals surface area contributed by atoms with E-state index in [1.807, 2.05) is 12.1 Å². The molecule has 0 aliphatic rings. The molecule has 0 fully saturated rings. The smallest absolute Gasteiger partial charge is 0.166 e. The van der Waals surface area contributed by atoms with Crippen molar-refractivity contribution in [1.82, 2.24) is 4.90 Å². The molecule has 0 heterocycles. The third-order valence-electron chi connectivity index (χ3n) is 2.92. The summed E-state index contributed by atoms with van der Waals surface area (Å²) < 4.78 is 5.05. The third kappa shape index (κ3) is 4.04. The highest BCUT2D eigenvalue weighted by molar-refractivity contribution is 5.84. The molecule has 0 radical (unpaired) electrons. The van der Waals surface area contributed by atoms with Crippen molar-refractivity contribution in [3.8, 4) is 11.5 Å². The highest BCUT2D eigenvalue weighted by Gasteiger charge is 2.04. The minimum absolute atomic E-state index is 0.145. The fraction of sp³-hybridized carbons (Fsp3) is 0.500. The number of para-hydroxylation sites is 1. The Balaban J connectivity index is 2.57. The largest absolute Gasteiger partial charge is 0.504 e. The lowest BCUT2D eigenvalue weighted by Crippen LogP contribution is -2.25. The van der Waals surface area contributed by atoms with Crippen LogP contribution in [0.4, 0.5) is 0 Å². The standard InChI is InChI=1S/C14H22N2O2/c1-4-16(5-2)10-9-15-11-12-7-6-8-13(18-3)14(12)17/h6-8,11,17H,4-5,9-10H2,1-3H3. The molecule has 0 unspecified atom stereocenters. The topological polar surface area (TPSA) is 45.1 Å². The Bertz CT molecular complexity index is 387. The Hall–Kier alpha value is -1.55. The molecule has 4 nitrogen and oxygen atoms in total. The van der Waals surface area contributed by atoms with Crippen LogP contribution in [0.5, 0.6) is 11.5 Å². The van der Waals surface area contributed by atoms with Crippen molar-refractivity contribution < 1.29 is 9.84 Å². The average molecular weight is 250 g/mol. The van der Waals surface area contributed by atoms with E-state index in [1.165, 1.54) is 7.11 Å². The number of hydrogen-bond donors (Lipinski definition) is 1. The van der Waals surface area contributed by atoms with Crippen LogP contribution in [0.3, 0.4) is 0 Å². The molecule has 100 valence electrons. The lowest BCUT2D eigenvalue weighted by atomic mass is 10.2. The second kappa shape index (κ2) is 7.71. The van der Waals surface area contributed by atoms with Crippen LogP contribution in [0.25, 0.3) is 0 Å². The first kappa shape index (κ1) is 14.5. The van der Waals surface area contributed by atoms with Crippen molar-refractivity contribution >= 4 is 6.21 Å². The van der Waals surface area contributed by atoms with Gasteiger partial charge in [0, 0.05) is 18.3 Å². The SMILES string of the molecule is CCN(CC)CCN=Cc1cccc(OC)c1O. The Morgan fingerprint density at radius 1 is 1.33 bits per heavy atom. The molecule has 1 rings (SSSR count). The number of aliphatic imine (C=N–C) groups is 1. The van der Waals surface area contributed by atoms with Gasteiger partial charge in [-0.1, -0.05) is 19.9 Å². The van der Waals surface area contributed by atoms with E-state index >= 15 is 0 Å². The van der Waals surface area contributed by atoms with Crippen LogP contribution in [0, 0.1) is 0 Å².